The highest BCUT2D eigenvalue weighted by atomic mass is 16.5. The molecule has 0 heterocycles. The molecule has 0 N–H and O–H groups in total. The van der Waals surface area contributed by atoms with E-state index in [0.717, 1.165) is 63.7 Å². The lowest BCUT2D eigenvalue weighted by Gasteiger charge is -2.31. The van der Waals surface area contributed by atoms with Crippen molar-refractivity contribution in [3.05, 3.63) is 59.7 Å². The standard InChI is InChI=1S/C32H45NO2/c1-2-3-4-8-11-26-13-17-28(18-14-26)29-19-21-30(22-20-29)32(34)35-31-23-15-27(16-24-31)12-9-6-5-7-10-25-33/h5-7,10,13-14,17-18,27,29-31H,2-4,8-9,11-12,15-16,19-24H2,1H3/b6-5+,10-7?/t27?,29-,30-,31?. The minimum atomic E-state index is 0.0570. The molecule has 0 amide bonds. The van der Waals surface area contributed by atoms with E-state index in [1.807, 2.05) is 12.1 Å². The van der Waals surface area contributed by atoms with Crippen LogP contribution in [0.25, 0.3) is 0 Å². The average Bonchev–Trinajstić information content (AvgIpc) is 2.90. The van der Waals surface area contributed by atoms with E-state index in [4.69, 9.17) is 10.00 Å². The Labute approximate surface area is 213 Å². The molecule has 1 aromatic rings. The first-order chi connectivity index (χ1) is 17.2. The molecule has 0 unspecified atom stereocenters. The number of esters is 1. The zero-order chi connectivity index (χ0) is 24.7. The molecule has 2 aliphatic carbocycles. The lowest BCUT2D eigenvalue weighted by atomic mass is 9.78. The maximum absolute atomic E-state index is 12.8. The van der Waals surface area contributed by atoms with E-state index in [-0.39, 0.29) is 18.0 Å². The van der Waals surface area contributed by atoms with Crippen LogP contribution in [-0.2, 0) is 16.0 Å². The van der Waals surface area contributed by atoms with E-state index in [2.05, 4.69) is 37.3 Å². The molecule has 2 fully saturated rings. The topological polar surface area (TPSA) is 50.1 Å². The van der Waals surface area contributed by atoms with Gasteiger partial charge in [0.15, 0.2) is 0 Å². The van der Waals surface area contributed by atoms with Crippen LogP contribution < -0.4 is 0 Å². The smallest absolute Gasteiger partial charge is 0.309 e. The van der Waals surface area contributed by atoms with Gasteiger partial charge < -0.3 is 4.74 Å². The fraction of sp³-hybridized carbons (Fsp3) is 0.625. The van der Waals surface area contributed by atoms with E-state index in [0.29, 0.717) is 5.92 Å². The van der Waals surface area contributed by atoms with Gasteiger partial charge in [0.2, 0.25) is 0 Å². The Bertz CT molecular complexity index is 831. The van der Waals surface area contributed by atoms with E-state index in [1.54, 1.807) is 6.08 Å². The van der Waals surface area contributed by atoms with Crippen molar-refractivity contribution in [3.8, 4) is 6.07 Å². The number of allylic oxidation sites excluding steroid dienone is 4. The van der Waals surface area contributed by atoms with Crippen LogP contribution in [0.2, 0.25) is 0 Å². The van der Waals surface area contributed by atoms with Crippen LogP contribution in [0.4, 0.5) is 0 Å². The van der Waals surface area contributed by atoms with Crippen molar-refractivity contribution < 1.29 is 9.53 Å². The Kier molecular flexibility index (Phi) is 12.2. The van der Waals surface area contributed by atoms with Crippen LogP contribution in [0.5, 0.6) is 0 Å². The van der Waals surface area contributed by atoms with Gasteiger partial charge in [0.25, 0.3) is 0 Å². The minimum absolute atomic E-state index is 0.0570. The number of nitriles is 1. The van der Waals surface area contributed by atoms with Crippen LogP contribution in [0.15, 0.2) is 48.6 Å². The van der Waals surface area contributed by atoms with Gasteiger partial charge in [0.1, 0.15) is 6.10 Å². The SMILES string of the molecule is CCCCCCc1ccc([C@H]2CC[C@H](C(=O)OC3CCC(CC/C=C/C=CC#N)CC3)CC2)cc1. The molecular formula is C32H45NO2. The van der Waals surface area contributed by atoms with Gasteiger partial charge in [-0.25, -0.2) is 0 Å². The lowest BCUT2D eigenvalue weighted by Crippen LogP contribution is -2.29. The Morgan fingerprint density at radius 3 is 2.40 bits per heavy atom. The summed E-state index contributed by atoms with van der Waals surface area (Å²) in [5, 5.41) is 8.49. The number of nitrogens with zero attached hydrogens (tertiary/aromatic N) is 1. The van der Waals surface area contributed by atoms with E-state index in [1.165, 1.54) is 55.7 Å². The monoisotopic (exact) mass is 475 g/mol. The van der Waals surface area contributed by atoms with E-state index >= 15 is 0 Å². The van der Waals surface area contributed by atoms with Crippen LogP contribution in [0.1, 0.15) is 114 Å². The van der Waals surface area contributed by atoms with E-state index in [9.17, 15) is 4.79 Å². The number of benzene rings is 1. The highest BCUT2D eigenvalue weighted by Crippen LogP contribution is 2.37. The molecule has 0 bridgehead atoms. The first-order valence-corrected chi connectivity index (χ1v) is 14.2. The van der Waals surface area contributed by atoms with Crippen molar-refractivity contribution >= 4 is 5.97 Å². The molecule has 190 valence electrons. The molecule has 0 aliphatic heterocycles. The summed E-state index contributed by atoms with van der Waals surface area (Å²) in [7, 11) is 0. The van der Waals surface area contributed by atoms with Crippen LogP contribution in [0, 0.1) is 23.2 Å². The number of rotatable bonds is 12. The highest BCUT2D eigenvalue weighted by Gasteiger charge is 2.31. The Hall–Kier alpha value is -2.34. The average molecular weight is 476 g/mol. The number of hydrogen-bond acceptors (Lipinski definition) is 3. The maximum atomic E-state index is 12.8. The molecule has 3 rings (SSSR count). The number of aryl methyl sites for hydroxylation is 1. The molecule has 2 saturated carbocycles. The number of unbranched alkanes of at least 4 members (excludes halogenated alkanes) is 3. The van der Waals surface area contributed by atoms with Crippen molar-refractivity contribution in [2.24, 2.45) is 11.8 Å². The molecule has 3 nitrogen and oxygen atoms in total. The molecule has 0 radical (unpaired) electrons. The summed E-state index contributed by atoms with van der Waals surface area (Å²) in [5.74, 6) is 1.47. The van der Waals surface area contributed by atoms with Crippen LogP contribution in [-0.4, -0.2) is 12.1 Å². The summed E-state index contributed by atoms with van der Waals surface area (Å²) < 4.78 is 5.97. The quantitative estimate of drug-likeness (QED) is 0.132. The minimum Gasteiger partial charge on any atom is -0.462 e. The predicted molar refractivity (Wildman–Crippen MR) is 144 cm³/mol. The summed E-state index contributed by atoms with van der Waals surface area (Å²) in [5.41, 5.74) is 2.91. The van der Waals surface area contributed by atoms with Gasteiger partial charge in [-0.1, -0.05) is 68.7 Å². The van der Waals surface area contributed by atoms with E-state index < -0.39 is 0 Å². The first kappa shape index (κ1) is 27.3. The molecule has 0 spiro atoms. The maximum Gasteiger partial charge on any atom is 0.309 e. The molecule has 2 aliphatic rings. The second-order valence-corrected chi connectivity index (χ2v) is 10.7. The van der Waals surface area contributed by atoms with Crippen molar-refractivity contribution in [1.82, 2.24) is 0 Å². The largest absolute Gasteiger partial charge is 0.462 e. The summed E-state index contributed by atoms with van der Waals surface area (Å²) in [6.07, 6.45) is 24.6. The number of hydrogen-bond donors (Lipinski definition) is 0. The van der Waals surface area contributed by atoms with Crippen molar-refractivity contribution in [3.63, 3.8) is 0 Å². The van der Waals surface area contributed by atoms with Crippen LogP contribution >= 0.6 is 0 Å². The number of carbonyl (C=O) groups excluding carboxylic acids is 1. The highest BCUT2D eigenvalue weighted by molar-refractivity contribution is 5.72. The van der Waals surface area contributed by atoms with Gasteiger partial charge in [-0.15, -0.1) is 0 Å². The van der Waals surface area contributed by atoms with Gasteiger partial charge in [-0.05, 0) is 100 Å². The summed E-state index contributed by atoms with van der Waals surface area (Å²) in [6, 6.07) is 11.3. The fourth-order valence-corrected chi connectivity index (χ4v) is 5.78. The normalized spacial score (nSPS) is 25.0. The third kappa shape index (κ3) is 9.67. The van der Waals surface area contributed by atoms with Gasteiger partial charge >= 0.3 is 5.97 Å². The van der Waals surface area contributed by atoms with Crippen molar-refractivity contribution in [1.29, 1.82) is 5.26 Å². The van der Waals surface area contributed by atoms with Gasteiger partial charge in [0.05, 0.1) is 12.0 Å². The summed E-state index contributed by atoms with van der Waals surface area (Å²) >= 11 is 0. The summed E-state index contributed by atoms with van der Waals surface area (Å²) in [4.78, 5) is 12.8. The fourth-order valence-electron chi connectivity index (χ4n) is 5.78. The zero-order valence-corrected chi connectivity index (χ0v) is 21.8. The van der Waals surface area contributed by atoms with Gasteiger partial charge in [0, 0.05) is 6.08 Å². The van der Waals surface area contributed by atoms with Crippen molar-refractivity contribution in [2.75, 3.05) is 0 Å². The Morgan fingerprint density at radius 1 is 0.971 bits per heavy atom. The second kappa shape index (κ2) is 15.6. The number of ether oxygens (including phenoxy) is 1. The molecule has 3 heteroatoms. The molecule has 1 aromatic carbocycles. The molecule has 0 atom stereocenters. The molecule has 35 heavy (non-hydrogen) atoms. The molecule has 0 saturated heterocycles. The van der Waals surface area contributed by atoms with Crippen LogP contribution in [0.3, 0.4) is 0 Å². The van der Waals surface area contributed by atoms with Gasteiger partial charge in [-0.2, -0.15) is 5.26 Å². The summed E-state index contributed by atoms with van der Waals surface area (Å²) in [6.45, 7) is 2.26. The molecular weight excluding hydrogens is 430 g/mol. The van der Waals surface area contributed by atoms with Crippen molar-refractivity contribution in [2.45, 2.75) is 115 Å². The lowest BCUT2D eigenvalue weighted by molar-refractivity contribution is -0.157. The molecule has 0 aromatic heterocycles. The Balaban J connectivity index is 1.32. The first-order valence-electron chi connectivity index (χ1n) is 14.2. The predicted octanol–water partition coefficient (Wildman–Crippen LogP) is 8.60. The zero-order valence-electron chi connectivity index (χ0n) is 21.8. The van der Waals surface area contributed by atoms with Gasteiger partial charge in [-0.3, -0.25) is 4.79 Å². The number of carbonyl (C=O) groups is 1. The third-order valence-corrected chi connectivity index (χ3v) is 8.07. The Morgan fingerprint density at radius 2 is 1.71 bits per heavy atom. The second-order valence-electron chi connectivity index (χ2n) is 10.7. The third-order valence-electron chi connectivity index (χ3n) is 8.07.